The zero-order valence-corrected chi connectivity index (χ0v) is 16.8. The first-order chi connectivity index (χ1) is 13.0. The number of hydrogen-bond acceptors (Lipinski definition) is 6. The van der Waals surface area contributed by atoms with E-state index < -0.39 is 9.84 Å². The number of rotatable bonds is 5. The van der Waals surface area contributed by atoms with Crippen LogP contribution in [0, 0.1) is 10.8 Å². The third kappa shape index (κ3) is 4.59. The molecule has 1 aromatic heterocycles. The Bertz CT molecular complexity index is 931. The smallest absolute Gasteiger partial charge is 0.291 e. The molecule has 4 rings (SSSR count). The monoisotopic (exact) mass is 409 g/mol. The van der Waals surface area contributed by atoms with E-state index in [0.29, 0.717) is 30.2 Å². The Morgan fingerprint density at radius 2 is 1.96 bits per heavy atom. The number of piperazine rings is 1. The number of benzene rings is 1. The van der Waals surface area contributed by atoms with Crippen molar-refractivity contribution in [3.63, 3.8) is 0 Å². The van der Waals surface area contributed by atoms with Crippen molar-refractivity contribution in [3.8, 4) is 0 Å². The molecule has 1 atom stereocenters. The van der Waals surface area contributed by atoms with Gasteiger partial charge in [0, 0.05) is 12.1 Å². The van der Waals surface area contributed by atoms with E-state index in [-0.39, 0.29) is 17.4 Å². The van der Waals surface area contributed by atoms with Gasteiger partial charge in [0.15, 0.2) is 16.5 Å². The van der Waals surface area contributed by atoms with Crippen LogP contribution in [0.15, 0.2) is 34.7 Å². The van der Waals surface area contributed by atoms with Gasteiger partial charge in [-0.1, -0.05) is 18.2 Å². The second-order valence-corrected chi connectivity index (χ2v) is 10.0. The molecule has 3 heterocycles. The highest BCUT2D eigenvalue weighted by Gasteiger charge is 2.29. The Kier molecular flexibility index (Phi) is 5.34. The van der Waals surface area contributed by atoms with Crippen LogP contribution in [0.1, 0.15) is 12.3 Å². The van der Waals surface area contributed by atoms with Gasteiger partial charge < -0.3 is 14.2 Å². The lowest BCUT2D eigenvalue weighted by atomic mass is 10.1. The molecule has 0 aliphatic carbocycles. The zero-order chi connectivity index (χ0) is 18.9. The van der Waals surface area contributed by atoms with E-state index in [9.17, 15) is 8.42 Å². The van der Waals surface area contributed by atoms with Crippen molar-refractivity contribution in [1.29, 1.82) is 0 Å². The average Bonchev–Trinajstić information content (AvgIpc) is 3.18. The van der Waals surface area contributed by atoms with E-state index in [1.807, 2.05) is 6.07 Å². The van der Waals surface area contributed by atoms with Crippen LogP contribution in [0.3, 0.4) is 0 Å². The summed E-state index contributed by atoms with van der Waals surface area (Å²) < 4.78 is 30.6. The highest BCUT2D eigenvalue weighted by atomic mass is 32.2. The van der Waals surface area contributed by atoms with Crippen molar-refractivity contribution in [1.82, 2.24) is 9.78 Å². The molecular formula is C18H25N4O3S2+. The molecule has 1 N–H and O–H groups in total. The van der Waals surface area contributed by atoms with Gasteiger partial charge in [-0.15, -0.1) is 5.10 Å². The lowest BCUT2D eigenvalue weighted by Gasteiger charge is -2.33. The molecule has 1 aromatic carbocycles. The number of nitrogens with zero attached hydrogens (tertiary/aromatic N) is 3. The molecule has 9 heteroatoms. The van der Waals surface area contributed by atoms with Gasteiger partial charge in [0.2, 0.25) is 5.89 Å². The number of aromatic nitrogens is 2. The Hall–Kier alpha value is -1.71. The van der Waals surface area contributed by atoms with Crippen LogP contribution < -0.4 is 9.80 Å². The van der Waals surface area contributed by atoms with Crippen LogP contribution in [0.2, 0.25) is 0 Å². The molecule has 0 amide bonds. The van der Waals surface area contributed by atoms with Crippen LogP contribution in [0.5, 0.6) is 0 Å². The normalized spacial score (nSPS) is 23.0. The van der Waals surface area contributed by atoms with Crippen LogP contribution in [0.4, 0.5) is 5.69 Å². The minimum Gasteiger partial charge on any atom is -0.414 e. The molecular weight excluding hydrogens is 384 g/mol. The highest BCUT2D eigenvalue weighted by Crippen LogP contribution is 2.22. The fourth-order valence-electron chi connectivity index (χ4n) is 3.90. The molecule has 0 unspecified atom stereocenters. The molecule has 2 saturated heterocycles. The lowest BCUT2D eigenvalue weighted by Crippen LogP contribution is -3.14. The minimum atomic E-state index is -2.88. The highest BCUT2D eigenvalue weighted by molar-refractivity contribution is 7.91. The molecule has 2 aliphatic heterocycles. The van der Waals surface area contributed by atoms with Crippen LogP contribution in [-0.4, -0.2) is 55.9 Å². The number of anilines is 1. The Balaban J connectivity index is 1.33. The molecule has 27 heavy (non-hydrogen) atoms. The molecule has 2 aliphatic rings. The third-order valence-electron chi connectivity index (χ3n) is 5.40. The summed E-state index contributed by atoms with van der Waals surface area (Å²) >= 11 is 5.32. The Morgan fingerprint density at radius 3 is 2.63 bits per heavy atom. The van der Waals surface area contributed by atoms with E-state index in [1.165, 1.54) is 10.6 Å². The largest absolute Gasteiger partial charge is 0.414 e. The molecule has 0 saturated carbocycles. The molecule has 2 aromatic rings. The maximum absolute atomic E-state index is 11.6. The van der Waals surface area contributed by atoms with Crippen LogP contribution in [-0.2, 0) is 22.9 Å². The topological polar surface area (TPSA) is 72.8 Å². The van der Waals surface area contributed by atoms with Crippen molar-refractivity contribution in [2.24, 2.45) is 5.92 Å². The summed E-state index contributed by atoms with van der Waals surface area (Å²) in [7, 11) is -2.88. The summed E-state index contributed by atoms with van der Waals surface area (Å²) in [6.45, 7) is 4.71. The predicted octanol–water partition coefficient (Wildman–Crippen LogP) is 0.545. The van der Waals surface area contributed by atoms with Crippen molar-refractivity contribution in [2.75, 3.05) is 42.6 Å². The quantitative estimate of drug-likeness (QED) is 0.727. The van der Waals surface area contributed by atoms with Crippen molar-refractivity contribution < 1.29 is 17.7 Å². The number of hydrogen-bond donors (Lipinski definition) is 1. The molecule has 7 nitrogen and oxygen atoms in total. The van der Waals surface area contributed by atoms with Gasteiger partial charge in [-0.25, -0.2) is 8.42 Å². The zero-order valence-electron chi connectivity index (χ0n) is 15.2. The summed E-state index contributed by atoms with van der Waals surface area (Å²) in [5, 5.41) is 4.51. The van der Waals surface area contributed by atoms with Gasteiger partial charge in [-0.2, -0.15) is 4.68 Å². The standard InChI is InChI=1S/C18H24N4O3S2/c23-27(24)11-6-15(13-27)12-17-19-22(18(26)25-17)14-20-7-9-21(10-8-20)16-4-2-1-3-5-16/h1-5,15H,6-14H2/p+1/t15-/m0/s1. The first-order valence-corrected chi connectivity index (χ1v) is 11.6. The second-order valence-electron chi connectivity index (χ2n) is 7.47. The van der Waals surface area contributed by atoms with Gasteiger partial charge in [0.05, 0.1) is 37.7 Å². The maximum Gasteiger partial charge on any atom is 0.291 e. The van der Waals surface area contributed by atoms with E-state index >= 15 is 0 Å². The summed E-state index contributed by atoms with van der Waals surface area (Å²) in [5.41, 5.74) is 1.27. The van der Waals surface area contributed by atoms with E-state index in [1.54, 1.807) is 4.68 Å². The van der Waals surface area contributed by atoms with Gasteiger partial charge >= 0.3 is 0 Å². The van der Waals surface area contributed by atoms with Crippen LogP contribution in [0.25, 0.3) is 0 Å². The first kappa shape index (κ1) is 18.6. The van der Waals surface area contributed by atoms with Crippen molar-refractivity contribution in [3.05, 3.63) is 41.1 Å². The fraction of sp³-hybridized carbons (Fsp3) is 0.556. The fourth-order valence-corrected chi connectivity index (χ4v) is 5.97. The maximum atomic E-state index is 11.6. The van der Waals surface area contributed by atoms with Crippen molar-refractivity contribution >= 4 is 27.7 Å². The van der Waals surface area contributed by atoms with E-state index in [2.05, 4.69) is 34.3 Å². The molecule has 146 valence electrons. The number of para-hydroxylation sites is 1. The summed E-state index contributed by atoms with van der Waals surface area (Å²) in [6.07, 6.45) is 1.23. The molecule has 0 radical (unpaired) electrons. The van der Waals surface area contributed by atoms with E-state index in [4.69, 9.17) is 16.6 Å². The van der Waals surface area contributed by atoms with Gasteiger partial charge in [-0.05, 0) is 36.7 Å². The van der Waals surface area contributed by atoms with Crippen molar-refractivity contribution in [2.45, 2.75) is 19.5 Å². The Morgan fingerprint density at radius 1 is 1.22 bits per heavy atom. The second kappa shape index (κ2) is 7.73. The molecule has 0 bridgehead atoms. The predicted molar refractivity (Wildman–Crippen MR) is 105 cm³/mol. The molecule has 0 spiro atoms. The van der Waals surface area contributed by atoms with E-state index in [0.717, 1.165) is 26.2 Å². The molecule has 2 fully saturated rings. The minimum absolute atomic E-state index is 0.0956. The van der Waals surface area contributed by atoms with Crippen LogP contribution >= 0.6 is 12.2 Å². The summed E-state index contributed by atoms with van der Waals surface area (Å²) in [6, 6.07) is 10.5. The SMILES string of the molecule is O=S1(=O)CC[C@@H](Cc2nn(C[NH+]3CCN(c4ccccc4)CC3)c(=S)o2)C1. The first-order valence-electron chi connectivity index (χ1n) is 9.39. The average molecular weight is 410 g/mol. The summed E-state index contributed by atoms with van der Waals surface area (Å²) in [5.74, 6) is 1.16. The summed E-state index contributed by atoms with van der Waals surface area (Å²) in [4.78, 5) is 4.20. The number of sulfone groups is 1. The lowest BCUT2D eigenvalue weighted by molar-refractivity contribution is -0.924. The number of quaternary nitrogens is 1. The number of nitrogens with one attached hydrogen (secondary N) is 1. The van der Waals surface area contributed by atoms with Gasteiger partial charge in [0.1, 0.15) is 0 Å². The van der Waals surface area contributed by atoms with Gasteiger partial charge in [0.25, 0.3) is 4.84 Å². The van der Waals surface area contributed by atoms with Gasteiger partial charge in [-0.3, -0.25) is 0 Å². The third-order valence-corrected chi connectivity index (χ3v) is 7.53. The Labute approximate surface area is 164 Å².